The van der Waals surface area contributed by atoms with Gasteiger partial charge in [0.2, 0.25) is 0 Å². The summed E-state index contributed by atoms with van der Waals surface area (Å²) >= 11 is 13.5. The molecule has 0 N–H and O–H groups in total. The molecule has 1 amide bonds. The minimum atomic E-state index is -0.152. The van der Waals surface area contributed by atoms with Crippen molar-refractivity contribution in [1.29, 1.82) is 0 Å². The lowest BCUT2D eigenvalue weighted by molar-refractivity contribution is 0.0985. The van der Waals surface area contributed by atoms with E-state index >= 15 is 0 Å². The highest BCUT2D eigenvalue weighted by atomic mass is 35.5. The molecule has 4 rings (SSSR count). The van der Waals surface area contributed by atoms with Crippen molar-refractivity contribution in [3.63, 3.8) is 0 Å². The zero-order chi connectivity index (χ0) is 18.8. The third-order valence-corrected chi connectivity index (χ3v) is 5.50. The number of amides is 1. The number of hydrogen-bond acceptors (Lipinski definition) is 4. The number of pyridine rings is 1. The summed E-state index contributed by atoms with van der Waals surface area (Å²) in [5.74, 6) is -0.152. The molecule has 7 heteroatoms. The summed E-state index contributed by atoms with van der Waals surface area (Å²) in [5.41, 5.74) is 2.26. The fourth-order valence-corrected chi connectivity index (χ4v) is 4.02. The number of anilines is 1. The fraction of sp³-hybridized carbons (Fsp3) is 0.0500. The molecule has 4 aromatic rings. The van der Waals surface area contributed by atoms with Crippen LogP contribution in [0, 0.1) is 0 Å². The van der Waals surface area contributed by atoms with Gasteiger partial charge in [0.25, 0.3) is 5.91 Å². The van der Waals surface area contributed by atoms with Crippen LogP contribution >= 0.6 is 34.5 Å². The Morgan fingerprint density at radius 2 is 1.81 bits per heavy atom. The van der Waals surface area contributed by atoms with E-state index in [1.165, 1.54) is 11.3 Å². The predicted octanol–water partition coefficient (Wildman–Crippen LogP) is 5.85. The summed E-state index contributed by atoms with van der Waals surface area (Å²) in [6.45, 7) is 0.364. The number of halogens is 2. The summed E-state index contributed by atoms with van der Waals surface area (Å²) in [5, 5.41) is 1.83. The number of thiazole rings is 1. The zero-order valence-corrected chi connectivity index (χ0v) is 16.3. The second-order valence-electron chi connectivity index (χ2n) is 5.87. The molecule has 27 heavy (non-hydrogen) atoms. The largest absolute Gasteiger partial charge is 0.279 e. The maximum atomic E-state index is 13.2. The first-order valence-electron chi connectivity index (χ1n) is 8.12. The monoisotopic (exact) mass is 413 g/mol. The number of nitrogens with zero attached hydrogens (tertiary/aromatic N) is 3. The number of fused-ring (bicyclic) bond motifs is 1. The Morgan fingerprint density at radius 3 is 2.56 bits per heavy atom. The molecule has 0 unspecified atom stereocenters. The number of benzene rings is 2. The van der Waals surface area contributed by atoms with Crippen molar-refractivity contribution < 1.29 is 4.79 Å². The van der Waals surface area contributed by atoms with Crippen LogP contribution in [0.2, 0.25) is 10.0 Å². The van der Waals surface area contributed by atoms with E-state index < -0.39 is 0 Å². The molecule has 0 spiro atoms. The van der Waals surface area contributed by atoms with Gasteiger partial charge in [0.05, 0.1) is 16.8 Å². The maximum absolute atomic E-state index is 13.2. The molecule has 2 aromatic carbocycles. The lowest BCUT2D eigenvalue weighted by Gasteiger charge is -2.20. The van der Waals surface area contributed by atoms with Crippen molar-refractivity contribution in [2.45, 2.75) is 6.54 Å². The van der Waals surface area contributed by atoms with E-state index in [9.17, 15) is 4.79 Å². The molecule has 0 radical (unpaired) electrons. The van der Waals surface area contributed by atoms with Crippen molar-refractivity contribution >= 4 is 55.8 Å². The Bertz CT molecular complexity index is 1100. The van der Waals surface area contributed by atoms with Gasteiger partial charge in [-0.05, 0) is 54.1 Å². The van der Waals surface area contributed by atoms with E-state index in [4.69, 9.17) is 23.2 Å². The van der Waals surface area contributed by atoms with Gasteiger partial charge in [-0.3, -0.25) is 14.7 Å². The number of carbonyl (C=O) groups excluding carboxylic acids is 1. The molecule has 134 valence electrons. The Hall–Kier alpha value is -2.47. The number of hydrogen-bond donors (Lipinski definition) is 0. The van der Waals surface area contributed by atoms with Crippen LogP contribution in [0.25, 0.3) is 10.2 Å². The van der Waals surface area contributed by atoms with Crippen molar-refractivity contribution in [2.75, 3.05) is 4.90 Å². The van der Waals surface area contributed by atoms with Gasteiger partial charge in [0, 0.05) is 28.0 Å². The molecule has 0 aliphatic heterocycles. The molecule has 4 nitrogen and oxygen atoms in total. The van der Waals surface area contributed by atoms with Gasteiger partial charge in [-0.15, -0.1) is 0 Å². The van der Waals surface area contributed by atoms with E-state index in [0.717, 1.165) is 15.8 Å². The summed E-state index contributed by atoms with van der Waals surface area (Å²) < 4.78 is 0.928. The average Bonchev–Trinajstić information content (AvgIpc) is 3.10. The van der Waals surface area contributed by atoms with Crippen molar-refractivity contribution in [3.05, 3.63) is 88.2 Å². The fourth-order valence-electron chi connectivity index (χ4n) is 2.65. The summed E-state index contributed by atoms with van der Waals surface area (Å²) in [7, 11) is 0. The average molecular weight is 414 g/mol. The van der Waals surface area contributed by atoms with E-state index in [2.05, 4.69) is 9.97 Å². The van der Waals surface area contributed by atoms with Crippen LogP contribution in [0.5, 0.6) is 0 Å². The quantitative estimate of drug-likeness (QED) is 0.421. The molecule has 0 aliphatic carbocycles. The Morgan fingerprint density at radius 1 is 1.04 bits per heavy atom. The standard InChI is InChI=1S/C20H13Cl2N3OS/c21-15-5-3-14(4-6-15)19(26)25(12-13-2-1-9-23-11-13)20-24-17-8-7-16(22)10-18(17)27-20/h1-11H,12H2. The first kappa shape index (κ1) is 17.9. The third-order valence-electron chi connectivity index (χ3n) is 3.97. The Balaban J connectivity index is 1.76. The highest BCUT2D eigenvalue weighted by Crippen LogP contribution is 2.32. The molecule has 2 heterocycles. The minimum Gasteiger partial charge on any atom is -0.279 e. The first-order chi connectivity index (χ1) is 13.1. The van der Waals surface area contributed by atoms with Gasteiger partial charge in [-0.1, -0.05) is 40.6 Å². The highest BCUT2D eigenvalue weighted by molar-refractivity contribution is 7.22. The van der Waals surface area contributed by atoms with E-state index in [1.54, 1.807) is 47.6 Å². The molecule has 0 aliphatic rings. The molecular formula is C20H13Cl2N3OS. The second-order valence-corrected chi connectivity index (χ2v) is 7.75. The first-order valence-corrected chi connectivity index (χ1v) is 9.70. The highest BCUT2D eigenvalue weighted by Gasteiger charge is 2.22. The van der Waals surface area contributed by atoms with Gasteiger partial charge in [-0.25, -0.2) is 4.98 Å². The van der Waals surface area contributed by atoms with Gasteiger partial charge in [0.1, 0.15) is 0 Å². The van der Waals surface area contributed by atoms with E-state index in [0.29, 0.717) is 27.3 Å². The van der Waals surface area contributed by atoms with Gasteiger partial charge >= 0.3 is 0 Å². The lowest BCUT2D eigenvalue weighted by atomic mass is 10.2. The summed E-state index contributed by atoms with van der Waals surface area (Å²) in [4.78, 5) is 23.6. The lowest BCUT2D eigenvalue weighted by Crippen LogP contribution is -2.30. The maximum Gasteiger partial charge on any atom is 0.260 e. The van der Waals surface area contributed by atoms with E-state index in [1.807, 2.05) is 24.3 Å². The van der Waals surface area contributed by atoms with Crippen LogP contribution in [-0.4, -0.2) is 15.9 Å². The molecule has 0 bridgehead atoms. The SMILES string of the molecule is O=C(c1ccc(Cl)cc1)N(Cc1cccnc1)c1nc2ccc(Cl)cc2s1. The second kappa shape index (κ2) is 7.64. The van der Waals surface area contributed by atoms with Crippen LogP contribution in [0.3, 0.4) is 0 Å². The van der Waals surface area contributed by atoms with Crippen LogP contribution in [0.1, 0.15) is 15.9 Å². The van der Waals surface area contributed by atoms with Crippen LogP contribution in [-0.2, 0) is 6.54 Å². The molecule has 2 aromatic heterocycles. The molecule has 0 saturated heterocycles. The normalized spacial score (nSPS) is 10.9. The van der Waals surface area contributed by atoms with Crippen LogP contribution in [0.15, 0.2) is 67.0 Å². The van der Waals surface area contributed by atoms with Crippen LogP contribution < -0.4 is 4.90 Å². The van der Waals surface area contributed by atoms with Crippen molar-refractivity contribution in [2.24, 2.45) is 0 Å². The van der Waals surface area contributed by atoms with Crippen LogP contribution in [0.4, 0.5) is 5.13 Å². The van der Waals surface area contributed by atoms with Gasteiger partial charge in [-0.2, -0.15) is 0 Å². The number of carbonyl (C=O) groups is 1. The van der Waals surface area contributed by atoms with Crippen molar-refractivity contribution in [1.82, 2.24) is 9.97 Å². The zero-order valence-electron chi connectivity index (χ0n) is 14.0. The summed E-state index contributed by atoms with van der Waals surface area (Å²) in [6, 6.07) is 16.1. The predicted molar refractivity (Wildman–Crippen MR) is 111 cm³/mol. The topological polar surface area (TPSA) is 46.1 Å². The Labute approximate surface area is 170 Å². The molecule has 0 atom stereocenters. The smallest absolute Gasteiger partial charge is 0.260 e. The third kappa shape index (κ3) is 3.95. The number of rotatable bonds is 4. The molecular weight excluding hydrogens is 401 g/mol. The Kier molecular flexibility index (Phi) is 5.07. The van der Waals surface area contributed by atoms with Crippen molar-refractivity contribution in [3.8, 4) is 0 Å². The van der Waals surface area contributed by atoms with Gasteiger partial charge in [0.15, 0.2) is 5.13 Å². The van der Waals surface area contributed by atoms with E-state index in [-0.39, 0.29) is 5.91 Å². The number of aromatic nitrogens is 2. The molecule has 0 saturated carbocycles. The van der Waals surface area contributed by atoms with Gasteiger partial charge < -0.3 is 0 Å². The molecule has 0 fully saturated rings. The minimum absolute atomic E-state index is 0.152. The summed E-state index contributed by atoms with van der Waals surface area (Å²) in [6.07, 6.45) is 3.45.